The Morgan fingerprint density at radius 3 is 3.00 bits per heavy atom. The number of aromatic nitrogens is 3. The molecule has 0 fully saturated rings. The molecule has 1 amide bonds. The molecule has 3 rings (SSSR count). The minimum Gasteiger partial charge on any atom is -0.319 e. The number of hydrogen-bond donors (Lipinski definition) is 0. The van der Waals surface area contributed by atoms with Crippen molar-refractivity contribution < 1.29 is 9.18 Å². The fraction of sp³-hybridized carbons (Fsp3) is 0.214. The van der Waals surface area contributed by atoms with Crippen LogP contribution in [0.15, 0.2) is 35.5 Å². The molecule has 0 radical (unpaired) electrons. The number of hydrogen-bond acceptors (Lipinski definition) is 3. The highest BCUT2D eigenvalue weighted by Crippen LogP contribution is 2.17. The van der Waals surface area contributed by atoms with Crippen molar-refractivity contribution in [2.24, 2.45) is 12.0 Å². The molecule has 0 atom stereocenters. The average Bonchev–Trinajstić information content (AvgIpc) is 3.04. The summed E-state index contributed by atoms with van der Waals surface area (Å²) in [5, 5.41) is 4.06. The van der Waals surface area contributed by atoms with Crippen molar-refractivity contribution in [3.05, 3.63) is 46.8 Å². The van der Waals surface area contributed by atoms with E-state index in [4.69, 9.17) is 0 Å². The molecule has 0 saturated heterocycles. The smallest absolute Gasteiger partial charge is 0.297 e. The molecule has 21 heavy (non-hydrogen) atoms. The fourth-order valence-electron chi connectivity index (χ4n) is 2.12. The highest BCUT2D eigenvalue weighted by molar-refractivity contribution is 7.16. The average molecular weight is 304 g/mol. The first-order chi connectivity index (χ1) is 10.1. The van der Waals surface area contributed by atoms with Gasteiger partial charge in [-0.1, -0.05) is 11.3 Å². The first kappa shape index (κ1) is 13.7. The second-order valence-electron chi connectivity index (χ2n) is 4.50. The molecule has 0 bridgehead atoms. The van der Waals surface area contributed by atoms with Crippen LogP contribution in [0, 0.1) is 5.82 Å². The second-order valence-corrected chi connectivity index (χ2v) is 5.51. The first-order valence-electron chi connectivity index (χ1n) is 6.46. The van der Waals surface area contributed by atoms with Crippen molar-refractivity contribution in [1.82, 2.24) is 14.3 Å². The summed E-state index contributed by atoms with van der Waals surface area (Å²) in [6, 6.07) is 6.16. The van der Waals surface area contributed by atoms with Gasteiger partial charge < -0.3 is 4.57 Å². The predicted molar refractivity (Wildman–Crippen MR) is 78.5 cm³/mol. The molecule has 1 aromatic carbocycles. The van der Waals surface area contributed by atoms with Crippen LogP contribution in [0.3, 0.4) is 0 Å². The summed E-state index contributed by atoms with van der Waals surface area (Å²) in [5.74, 6) is -0.650. The van der Waals surface area contributed by atoms with Crippen LogP contribution in [0.5, 0.6) is 0 Å². The zero-order valence-electron chi connectivity index (χ0n) is 11.6. The predicted octanol–water partition coefficient (Wildman–Crippen LogP) is 2.34. The van der Waals surface area contributed by atoms with Crippen LogP contribution in [0.1, 0.15) is 17.4 Å². The highest BCUT2D eigenvalue weighted by atomic mass is 32.1. The van der Waals surface area contributed by atoms with Crippen LogP contribution < -0.4 is 4.80 Å². The Balaban J connectivity index is 2.11. The molecule has 2 aromatic heterocycles. The molecular formula is C14H13FN4OS. The maximum atomic E-state index is 13.3. The van der Waals surface area contributed by atoms with Crippen molar-refractivity contribution in [3.63, 3.8) is 0 Å². The van der Waals surface area contributed by atoms with E-state index in [1.165, 1.54) is 23.5 Å². The molecule has 3 aromatic rings. The molecule has 108 valence electrons. The van der Waals surface area contributed by atoms with Gasteiger partial charge in [0.2, 0.25) is 0 Å². The van der Waals surface area contributed by atoms with E-state index in [0.29, 0.717) is 17.0 Å². The van der Waals surface area contributed by atoms with E-state index in [9.17, 15) is 9.18 Å². The SMILES string of the molecule is CCn1nccc1C(=O)N=c1sc2cc(F)ccc2n1C. The maximum Gasteiger partial charge on any atom is 0.297 e. The van der Waals surface area contributed by atoms with Gasteiger partial charge in [-0.2, -0.15) is 10.1 Å². The van der Waals surface area contributed by atoms with Gasteiger partial charge in [0, 0.05) is 19.8 Å². The van der Waals surface area contributed by atoms with Crippen LogP contribution in [0.2, 0.25) is 0 Å². The molecule has 0 spiro atoms. The van der Waals surface area contributed by atoms with Crippen molar-refractivity contribution >= 4 is 27.5 Å². The van der Waals surface area contributed by atoms with Gasteiger partial charge in [0.1, 0.15) is 11.5 Å². The van der Waals surface area contributed by atoms with Crippen molar-refractivity contribution in [2.45, 2.75) is 13.5 Å². The number of thiazole rings is 1. The lowest BCUT2D eigenvalue weighted by atomic mass is 10.3. The maximum absolute atomic E-state index is 13.3. The third-order valence-electron chi connectivity index (χ3n) is 3.20. The molecule has 0 unspecified atom stereocenters. The molecule has 2 heterocycles. The Morgan fingerprint density at radius 1 is 1.43 bits per heavy atom. The normalized spacial score (nSPS) is 12.2. The third kappa shape index (κ3) is 2.40. The summed E-state index contributed by atoms with van der Waals surface area (Å²) in [6.45, 7) is 2.51. The molecular weight excluding hydrogens is 291 g/mol. The summed E-state index contributed by atoms with van der Waals surface area (Å²) in [5.41, 5.74) is 1.29. The van der Waals surface area contributed by atoms with Gasteiger partial charge in [-0.15, -0.1) is 0 Å². The summed E-state index contributed by atoms with van der Waals surface area (Å²) in [4.78, 5) is 16.9. The number of fused-ring (bicyclic) bond motifs is 1. The Labute approximate surface area is 124 Å². The molecule has 0 N–H and O–H groups in total. The lowest BCUT2D eigenvalue weighted by Crippen LogP contribution is -2.15. The van der Waals surface area contributed by atoms with E-state index in [1.54, 1.807) is 34.6 Å². The van der Waals surface area contributed by atoms with Crippen LogP contribution >= 0.6 is 11.3 Å². The van der Waals surface area contributed by atoms with Crippen LogP contribution in [-0.2, 0) is 13.6 Å². The number of benzene rings is 1. The largest absolute Gasteiger partial charge is 0.319 e. The van der Waals surface area contributed by atoms with Crippen LogP contribution in [0.25, 0.3) is 10.2 Å². The number of halogens is 1. The standard InChI is InChI=1S/C14H13FN4OS/c1-3-19-11(6-7-16-19)13(20)17-14-18(2)10-5-4-9(15)8-12(10)21-14/h4-8H,3H2,1-2H3. The number of nitrogens with zero attached hydrogens (tertiary/aromatic N) is 4. The van der Waals surface area contributed by atoms with Crippen molar-refractivity contribution in [1.29, 1.82) is 0 Å². The lowest BCUT2D eigenvalue weighted by Gasteiger charge is -1.99. The number of carbonyl (C=O) groups is 1. The zero-order valence-corrected chi connectivity index (χ0v) is 12.4. The van der Waals surface area contributed by atoms with Gasteiger partial charge >= 0.3 is 0 Å². The summed E-state index contributed by atoms with van der Waals surface area (Å²) in [7, 11) is 1.81. The van der Waals surface area contributed by atoms with Gasteiger partial charge in [-0.05, 0) is 31.2 Å². The lowest BCUT2D eigenvalue weighted by molar-refractivity contribution is 0.0988. The van der Waals surface area contributed by atoms with E-state index >= 15 is 0 Å². The van der Waals surface area contributed by atoms with Crippen LogP contribution in [-0.4, -0.2) is 20.3 Å². The topological polar surface area (TPSA) is 52.2 Å². The summed E-state index contributed by atoms with van der Waals surface area (Å²) >= 11 is 1.28. The van der Waals surface area contributed by atoms with Gasteiger partial charge in [0.25, 0.3) is 5.91 Å². The summed E-state index contributed by atoms with van der Waals surface area (Å²) < 4.78 is 17.4. The Morgan fingerprint density at radius 2 is 2.24 bits per heavy atom. The van der Waals surface area contributed by atoms with E-state index in [1.807, 2.05) is 6.92 Å². The first-order valence-corrected chi connectivity index (χ1v) is 7.27. The van der Waals surface area contributed by atoms with Crippen molar-refractivity contribution in [2.75, 3.05) is 0 Å². The van der Waals surface area contributed by atoms with E-state index in [0.717, 1.165) is 10.2 Å². The monoisotopic (exact) mass is 304 g/mol. The van der Waals surface area contributed by atoms with Gasteiger partial charge in [0.15, 0.2) is 4.80 Å². The van der Waals surface area contributed by atoms with E-state index in [2.05, 4.69) is 10.1 Å². The Kier molecular flexibility index (Phi) is 3.42. The van der Waals surface area contributed by atoms with Gasteiger partial charge in [-0.25, -0.2) is 4.39 Å². The molecule has 0 aliphatic heterocycles. The Bertz CT molecular complexity index is 890. The zero-order chi connectivity index (χ0) is 15.0. The van der Waals surface area contributed by atoms with Gasteiger partial charge in [0.05, 0.1) is 10.2 Å². The number of aryl methyl sites for hydroxylation is 2. The molecule has 0 aliphatic carbocycles. The molecule has 7 heteroatoms. The third-order valence-corrected chi connectivity index (χ3v) is 4.30. The highest BCUT2D eigenvalue weighted by Gasteiger charge is 2.11. The number of rotatable bonds is 2. The fourth-order valence-corrected chi connectivity index (χ4v) is 3.17. The van der Waals surface area contributed by atoms with Crippen LogP contribution in [0.4, 0.5) is 4.39 Å². The Hall–Kier alpha value is -2.28. The van der Waals surface area contributed by atoms with E-state index < -0.39 is 0 Å². The quantitative estimate of drug-likeness (QED) is 0.729. The number of amides is 1. The molecule has 0 aliphatic rings. The number of carbonyl (C=O) groups excluding carboxylic acids is 1. The van der Waals surface area contributed by atoms with Crippen molar-refractivity contribution in [3.8, 4) is 0 Å². The minimum atomic E-state index is -0.350. The second kappa shape index (κ2) is 5.25. The van der Waals surface area contributed by atoms with E-state index in [-0.39, 0.29) is 11.7 Å². The summed E-state index contributed by atoms with van der Waals surface area (Å²) in [6.07, 6.45) is 1.58. The molecule has 5 nitrogen and oxygen atoms in total. The molecule has 0 saturated carbocycles. The minimum absolute atomic E-state index is 0.300. The van der Waals surface area contributed by atoms with Gasteiger partial charge in [-0.3, -0.25) is 9.48 Å².